The van der Waals surface area contributed by atoms with Crippen LogP contribution in [-0.4, -0.2) is 25.8 Å². The fourth-order valence-corrected chi connectivity index (χ4v) is 3.14. The van der Waals surface area contributed by atoms with Crippen LogP contribution in [0.2, 0.25) is 0 Å². The van der Waals surface area contributed by atoms with Crippen molar-refractivity contribution in [3.63, 3.8) is 0 Å². The quantitative estimate of drug-likeness (QED) is 0.823. The number of nitrogens with one attached hydrogen (secondary N) is 1. The Kier molecular flexibility index (Phi) is 4.90. The van der Waals surface area contributed by atoms with Crippen LogP contribution in [-0.2, 0) is 15.6 Å². The molecular formula is C13H21NO3S. The van der Waals surface area contributed by atoms with Gasteiger partial charge in [-0.1, -0.05) is 44.2 Å². The highest BCUT2D eigenvalue weighted by Crippen LogP contribution is 2.19. The molecule has 0 saturated heterocycles. The molecule has 1 atom stereocenters. The second-order valence-corrected chi connectivity index (χ2v) is 6.99. The Balaban J connectivity index is 2.68. The Bertz CT molecular complexity index is 466. The van der Waals surface area contributed by atoms with E-state index in [1.165, 1.54) is 0 Å². The van der Waals surface area contributed by atoms with Gasteiger partial charge in [-0.25, -0.2) is 13.1 Å². The van der Waals surface area contributed by atoms with Gasteiger partial charge in [0.05, 0.1) is 5.75 Å². The molecule has 5 heteroatoms. The molecule has 0 aliphatic carbocycles. The highest BCUT2D eigenvalue weighted by atomic mass is 32.2. The van der Waals surface area contributed by atoms with Gasteiger partial charge < -0.3 is 5.11 Å². The van der Waals surface area contributed by atoms with Gasteiger partial charge in [-0.05, 0) is 18.4 Å². The molecule has 0 saturated carbocycles. The molecule has 0 aliphatic heterocycles. The Morgan fingerprint density at radius 2 is 1.83 bits per heavy atom. The zero-order valence-corrected chi connectivity index (χ0v) is 11.9. The van der Waals surface area contributed by atoms with Crippen LogP contribution in [0.1, 0.15) is 26.3 Å². The molecule has 1 aromatic rings. The average Bonchev–Trinajstić information content (AvgIpc) is 2.26. The maximum atomic E-state index is 11.7. The molecular weight excluding hydrogens is 250 g/mol. The Hall–Kier alpha value is -0.910. The van der Waals surface area contributed by atoms with Gasteiger partial charge in [0.1, 0.15) is 5.60 Å². The summed E-state index contributed by atoms with van der Waals surface area (Å²) in [6.45, 7) is 5.26. The molecule has 102 valence electrons. The van der Waals surface area contributed by atoms with Crippen LogP contribution in [0.5, 0.6) is 0 Å². The Morgan fingerprint density at radius 3 is 2.33 bits per heavy atom. The molecule has 18 heavy (non-hydrogen) atoms. The summed E-state index contributed by atoms with van der Waals surface area (Å²) in [4.78, 5) is 0. The fourth-order valence-electron chi connectivity index (χ4n) is 1.65. The van der Waals surface area contributed by atoms with Crippen molar-refractivity contribution in [2.75, 3.05) is 12.3 Å². The second-order valence-electron chi connectivity index (χ2n) is 5.14. The van der Waals surface area contributed by atoms with Crippen molar-refractivity contribution in [2.45, 2.75) is 26.4 Å². The topological polar surface area (TPSA) is 66.4 Å². The summed E-state index contributed by atoms with van der Waals surface area (Å²) in [7, 11) is -3.33. The van der Waals surface area contributed by atoms with E-state index >= 15 is 0 Å². The summed E-state index contributed by atoms with van der Waals surface area (Å²) < 4.78 is 25.8. The Morgan fingerprint density at radius 1 is 1.28 bits per heavy atom. The van der Waals surface area contributed by atoms with Crippen molar-refractivity contribution in [3.8, 4) is 0 Å². The third-order valence-corrected chi connectivity index (χ3v) is 4.27. The number of hydrogen-bond donors (Lipinski definition) is 2. The van der Waals surface area contributed by atoms with Gasteiger partial charge in [0.15, 0.2) is 0 Å². The highest BCUT2D eigenvalue weighted by molar-refractivity contribution is 7.89. The van der Waals surface area contributed by atoms with Crippen molar-refractivity contribution in [1.29, 1.82) is 0 Å². The van der Waals surface area contributed by atoms with Gasteiger partial charge in [-0.3, -0.25) is 0 Å². The first kappa shape index (κ1) is 15.1. The zero-order valence-electron chi connectivity index (χ0n) is 11.1. The highest BCUT2D eigenvalue weighted by Gasteiger charge is 2.25. The van der Waals surface area contributed by atoms with Crippen LogP contribution >= 0.6 is 0 Å². The van der Waals surface area contributed by atoms with E-state index in [1.54, 1.807) is 19.1 Å². The van der Waals surface area contributed by atoms with Crippen LogP contribution in [0.25, 0.3) is 0 Å². The van der Waals surface area contributed by atoms with Crippen molar-refractivity contribution < 1.29 is 13.5 Å². The molecule has 0 radical (unpaired) electrons. The average molecular weight is 271 g/mol. The molecule has 0 fully saturated rings. The summed E-state index contributed by atoms with van der Waals surface area (Å²) in [5, 5.41) is 10.3. The van der Waals surface area contributed by atoms with Crippen LogP contribution in [0.4, 0.5) is 0 Å². The van der Waals surface area contributed by atoms with E-state index in [-0.39, 0.29) is 18.2 Å². The minimum Gasteiger partial charge on any atom is -0.384 e. The van der Waals surface area contributed by atoms with E-state index in [0.29, 0.717) is 5.56 Å². The molecule has 1 rings (SSSR count). The number of sulfonamides is 1. The molecule has 0 spiro atoms. The van der Waals surface area contributed by atoms with Crippen LogP contribution in [0, 0.1) is 5.92 Å². The molecule has 0 heterocycles. The van der Waals surface area contributed by atoms with Crippen molar-refractivity contribution in [3.05, 3.63) is 35.9 Å². The lowest BCUT2D eigenvalue weighted by atomic mass is 9.97. The molecule has 2 N–H and O–H groups in total. The van der Waals surface area contributed by atoms with Gasteiger partial charge >= 0.3 is 0 Å². The van der Waals surface area contributed by atoms with E-state index in [0.717, 1.165) is 0 Å². The van der Waals surface area contributed by atoms with E-state index in [1.807, 2.05) is 32.0 Å². The number of hydrogen-bond acceptors (Lipinski definition) is 3. The predicted octanol–water partition coefficient (Wildman–Crippen LogP) is 1.47. The molecule has 0 aliphatic rings. The van der Waals surface area contributed by atoms with Crippen LogP contribution in [0.3, 0.4) is 0 Å². The summed E-state index contributed by atoms with van der Waals surface area (Å²) >= 11 is 0. The molecule has 0 bridgehead atoms. The lowest BCUT2D eigenvalue weighted by Crippen LogP contribution is -2.40. The molecule has 0 aromatic heterocycles. The SMILES string of the molecule is CC(C)CS(=O)(=O)NCC(C)(O)c1ccccc1. The first-order chi connectivity index (χ1) is 8.23. The zero-order chi connectivity index (χ0) is 13.8. The number of benzene rings is 1. The molecule has 1 unspecified atom stereocenters. The number of aliphatic hydroxyl groups is 1. The summed E-state index contributed by atoms with van der Waals surface area (Å²) in [6.07, 6.45) is 0. The summed E-state index contributed by atoms with van der Waals surface area (Å²) in [6, 6.07) is 9.02. The molecule has 1 aromatic carbocycles. The van der Waals surface area contributed by atoms with E-state index in [2.05, 4.69) is 4.72 Å². The standard InChI is InChI=1S/C13H21NO3S/c1-11(2)9-18(16,17)14-10-13(3,15)12-7-5-4-6-8-12/h4-8,11,14-15H,9-10H2,1-3H3. The van der Waals surface area contributed by atoms with Gasteiger partial charge in [-0.2, -0.15) is 0 Å². The normalized spacial score (nSPS) is 15.6. The molecule has 0 amide bonds. The minimum absolute atomic E-state index is 0.0218. The van der Waals surface area contributed by atoms with Gasteiger partial charge in [0, 0.05) is 6.54 Å². The largest absolute Gasteiger partial charge is 0.384 e. The Labute approximate surface area is 109 Å². The van der Waals surface area contributed by atoms with E-state index < -0.39 is 15.6 Å². The third kappa shape index (κ3) is 4.76. The summed E-state index contributed by atoms with van der Waals surface area (Å²) in [5.41, 5.74) is -0.511. The van der Waals surface area contributed by atoms with Gasteiger partial charge in [0.2, 0.25) is 10.0 Å². The minimum atomic E-state index is -3.33. The van der Waals surface area contributed by atoms with Crippen LogP contribution in [0.15, 0.2) is 30.3 Å². The van der Waals surface area contributed by atoms with Gasteiger partial charge in [0.25, 0.3) is 0 Å². The van der Waals surface area contributed by atoms with E-state index in [9.17, 15) is 13.5 Å². The monoisotopic (exact) mass is 271 g/mol. The fraction of sp³-hybridized carbons (Fsp3) is 0.538. The lowest BCUT2D eigenvalue weighted by molar-refractivity contribution is 0.0627. The summed E-state index contributed by atoms with van der Waals surface area (Å²) in [5.74, 6) is 0.127. The first-order valence-electron chi connectivity index (χ1n) is 5.98. The smallest absolute Gasteiger partial charge is 0.211 e. The van der Waals surface area contributed by atoms with Crippen molar-refractivity contribution in [2.24, 2.45) is 5.92 Å². The predicted molar refractivity (Wildman–Crippen MR) is 72.6 cm³/mol. The lowest BCUT2D eigenvalue weighted by Gasteiger charge is -2.24. The second kappa shape index (κ2) is 5.82. The number of rotatable bonds is 6. The van der Waals surface area contributed by atoms with E-state index in [4.69, 9.17) is 0 Å². The first-order valence-corrected chi connectivity index (χ1v) is 7.63. The van der Waals surface area contributed by atoms with Crippen LogP contribution < -0.4 is 4.72 Å². The molecule has 4 nitrogen and oxygen atoms in total. The maximum Gasteiger partial charge on any atom is 0.211 e. The third-order valence-electron chi connectivity index (χ3n) is 2.58. The van der Waals surface area contributed by atoms with Crippen molar-refractivity contribution in [1.82, 2.24) is 4.72 Å². The van der Waals surface area contributed by atoms with Gasteiger partial charge in [-0.15, -0.1) is 0 Å². The maximum absolute atomic E-state index is 11.7. The van der Waals surface area contributed by atoms with Crippen molar-refractivity contribution >= 4 is 10.0 Å².